The Morgan fingerprint density at radius 3 is 2.11 bits per heavy atom. The second kappa shape index (κ2) is 5.54. The topological polar surface area (TPSA) is 52.6 Å². The maximum absolute atomic E-state index is 14.1. The Kier molecular flexibility index (Phi) is 4.68. The van der Waals surface area contributed by atoms with Crippen molar-refractivity contribution in [1.82, 2.24) is 0 Å². The van der Waals surface area contributed by atoms with Gasteiger partial charge in [-0.2, -0.15) is 0 Å². The molecule has 0 heterocycles. The summed E-state index contributed by atoms with van der Waals surface area (Å²) in [6, 6.07) is 2.85. The smallest absolute Gasteiger partial charge is 0.236 e. The van der Waals surface area contributed by atoms with E-state index in [4.69, 9.17) is 20.2 Å². The minimum absolute atomic E-state index is 0.242. The molecule has 0 bridgehead atoms. The van der Waals surface area contributed by atoms with E-state index in [0.717, 1.165) is 0 Å². The Bertz CT molecular complexity index is 564. The van der Waals surface area contributed by atoms with Crippen molar-refractivity contribution in [3.63, 3.8) is 0 Å². The van der Waals surface area contributed by atoms with Crippen LogP contribution in [0.5, 0.6) is 11.5 Å². The summed E-state index contributed by atoms with van der Waals surface area (Å²) in [5.74, 6) is 0.138. The van der Waals surface area contributed by atoms with Gasteiger partial charge < -0.3 is 9.47 Å². The molecule has 0 aliphatic heterocycles. The summed E-state index contributed by atoms with van der Waals surface area (Å²) in [4.78, 5) is 0. The quantitative estimate of drug-likeness (QED) is 0.785. The molecule has 0 aliphatic carbocycles. The summed E-state index contributed by atoms with van der Waals surface area (Å²) in [5.41, 5.74) is -1.15. The van der Waals surface area contributed by atoms with E-state index in [-0.39, 0.29) is 11.3 Å². The van der Waals surface area contributed by atoms with E-state index in [2.05, 4.69) is 0 Å². The molecule has 0 radical (unpaired) electrons. The lowest BCUT2D eigenvalue weighted by Crippen LogP contribution is -2.13. The molecule has 0 aromatic heterocycles. The van der Waals surface area contributed by atoms with E-state index in [9.17, 15) is 12.8 Å². The van der Waals surface area contributed by atoms with Crippen LogP contribution < -0.4 is 9.47 Å². The number of benzene rings is 1. The zero-order valence-electron chi connectivity index (χ0n) is 11.2. The van der Waals surface area contributed by atoms with Crippen molar-refractivity contribution < 1.29 is 22.3 Å². The minimum Gasteiger partial charge on any atom is -0.496 e. The highest BCUT2D eigenvalue weighted by Crippen LogP contribution is 2.38. The van der Waals surface area contributed by atoms with Crippen LogP contribution in [0.15, 0.2) is 12.1 Å². The third-order valence-electron chi connectivity index (χ3n) is 2.57. The Labute approximate surface area is 116 Å². The van der Waals surface area contributed by atoms with Gasteiger partial charge in [0.25, 0.3) is 0 Å². The molecule has 0 N–H and O–H groups in total. The molecule has 1 aromatic carbocycles. The van der Waals surface area contributed by atoms with Crippen LogP contribution in [0.25, 0.3) is 0 Å². The fourth-order valence-corrected chi connectivity index (χ4v) is 2.68. The van der Waals surface area contributed by atoms with Crippen LogP contribution in [0.2, 0.25) is 0 Å². The third kappa shape index (κ3) is 4.24. The van der Waals surface area contributed by atoms with E-state index >= 15 is 0 Å². The van der Waals surface area contributed by atoms with Crippen LogP contribution in [0.1, 0.15) is 25.0 Å². The molecule has 0 spiro atoms. The van der Waals surface area contributed by atoms with Gasteiger partial charge in [0.15, 0.2) is 0 Å². The molecule has 19 heavy (non-hydrogen) atoms. The molecule has 0 aliphatic rings. The van der Waals surface area contributed by atoms with Crippen LogP contribution in [0.3, 0.4) is 0 Å². The molecule has 1 aromatic rings. The van der Waals surface area contributed by atoms with Crippen molar-refractivity contribution in [2.75, 3.05) is 14.2 Å². The second-order valence-corrected chi connectivity index (χ2v) is 7.30. The number of methoxy groups -OCH3 is 2. The Morgan fingerprint density at radius 1 is 1.21 bits per heavy atom. The van der Waals surface area contributed by atoms with Gasteiger partial charge in [0.2, 0.25) is 9.05 Å². The van der Waals surface area contributed by atoms with Gasteiger partial charge in [-0.1, -0.05) is 0 Å². The lowest BCUT2D eigenvalue weighted by molar-refractivity contribution is 0.213. The summed E-state index contributed by atoms with van der Waals surface area (Å²) in [5, 5.41) is 0. The number of rotatable bonds is 5. The Morgan fingerprint density at radius 2 is 1.74 bits per heavy atom. The van der Waals surface area contributed by atoms with Gasteiger partial charge in [0.05, 0.1) is 20.0 Å². The lowest BCUT2D eigenvalue weighted by atomic mass is 9.96. The molecule has 0 atom stereocenters. The molecular formula is C12H16ClFO4S. The maximum Gasteiger partial charge on any atom is 0.236 e. The molecular weight excluding hydrogens is 295 g/mol. The normalized spacial score (nSPS) is 12.3. The van der Waals surface area contributed by atoms with Gasteiger partial charge in [-0.3, -0.25) is 0 Å². The van der Waals surface area contributed by atoms with E-state index < -0.39 is 20.5 Å². The summed E-state index contributed by atoms with van der Waals surface area (Å²) in [6.07, 6.45) is 0. The molecule has 0 amide bonds. The van der Waals surface area contributed by atoms with Crippen LogP contribution in [-0.4, -0.2) is 22.6 Å². The van der Waals surface area contributed by atoms with Gasteiger partial charge in [-0.15, -0.1) is 0 Å². The summed E-state index contributed by atoms with van der Waals surface area (Å²) in [6.45, 7) is 2.71. The first kappa shape index (κ1) is 16.0. The van der Waals surface area contributed by atoms with Crippen LogP contribution in [0.4, 0.5) is 4.39 Å². The minimum atomic E-state index is -3.76. The largest absolute Gasteiger partial charge is 0.496 e. The van der Waals surface area contributed by atoms with E-state index in [1.165, 1.54) is 40.2 Å². The predicted octanol–water partition coefficient (Wildman–Crippen LogP) is 2.98. The Balaban J connectivity index is 3.46. The molecule has 108 valence electrons. The number of hydrogen-bond acceptors (Lipinski definition) is 4. The van der Waals surface area contributed by atoms with Gasteiger partial charge in [-0.05, 0) is 19.9 Å². The predicted molar refractivity (Wildman–Crippen MR) is 72.2 cm³/mol. The molecule has 7 heteroatoms. The second-order valence-electron chi connectivity index (χ2n) is 4.52. The average Bonchev–Trinajstić information content (AvgIpc) is 2.25. The average molecular weight is 311 g/mol. The molecule has 0 unspecified atom stereocenters. The van der Waals surface area contributed by atoms with Crippen molar-refractivity contribution in [1.29, 1.82) is 0 Å². The third-order valence-corrected chi connectivity index (χ3v) is 3.55. The van der Waals surface area contributed by atoms with Crippen LogP contribution in [-0.2, 0) is 20.5 Å². The number of alkyl halides is 1. The summed E-state index contributed by atoms with van der Waals surface area (Å²) < 4.78 is 46.6. The van der Waals surface area contributed by atoms with Crippen LogP contribution >= 0.6 is 10.7 Å². The maximum atomic E-state index is 14.1. The SMILES string of the molecule is COc1cc(OC)c(C(C)(C)F)cc1CS(=O)(=O)Cl. The summed E-state index contributed by atoms with van der Waals surface area (Å²) in [7, 11) is 4.26. The molecule has 0 saturated heterocycles. The van der Waals surface area contributed by atoms with E-state index in [1.54, 1.807) is 0 Å². The van der Waals surface area contributed by atoms with Crippen molar-refractivity contribution in [3.05, 3.63) is 23.3 Å². The highest BCUT2D eigenvalue weighted by atomic mass is 35.7. The standard InChI is InChI=1S/C12H16ClFO4S/c1-12(2,14)9-5-8(7-19(13,15)16)10(17-3)6-11(9)18-4/h5-6H,7H2,1-4H3. The van der Waals surface area contributed by atoms with Crippen molar-refractivity contribution in [2.24, 2.45) is 0 Å². The van der Waals surface area contributed by atoms with Crippen molar-refractivity contribution >= 4 is 19.7 Å². The van der Waals surface area contributed by atoms with Gasteiger partial charge in [0, 0.05) is 27.9 Å². The van der Waals surface area contributed by atoms with Crippen molar-refractivity contribution in [2.45, 2.75) is 25.3 Å². The van der Waals surface area contributed by atoms with E-state index in [1.807, 2.05) is 0 Å². The fraction of sp³-hybridized carbons (Fsp3) is 0.500. The van der Waals surface area contributed by atoms with Gasteiger partial charge >= 0.3 is 0 Å². The zero-order chi connectivity index (χ0) is 14.8. The van der Waals surface area contributed by atoms with Gasteiger partial charge in [-0.25, -0.2) is 12.8 Å². The lowest BCUT2D eigenvalue weighted by Gasteiger charge is -2.21. The molecule has 1 rings (SSSR count). The highest BCUT2D eigenvalue weighted by molar-refractivity contribution is 8.13. The van der Waals surface area contributed by atoms with Crippen LogP contribution in [0, 0.1) is 0 Å². The number of ether oxygens (including phenoxy) is 2. The first-order valence-electron chi connectivity index (χ1n) is 5.45. The number of hydrogen-bond donors (Lipinski definition) is 0. The van der Waals surface area contributed by atoms with Gasteiger partial charge in [0.1, 0.15) is 17.2 Å². The Hall–Kier alpha value is -1.01. The number of halogens is 2. The molecule has 0 fully saturated rings. The molecule has 0 saturated carbocycles. The van der Waals surface area contributed by atoms with E-state index in [0.29, 0.717) is 11.3 Å². The first-order chi connectivity index (χ1) is 8.58. The monoisotopic (exact) mass is 310 g/mol. The first-order valence-corrected chi connectivity index (χ1v) is 7.93. The van der Waals surface area contributed by atoms with Crippen molar-refractivity contribution in [3.8, 4) is 11.5 Å². The summed E-state index contributed by atoms with van der Waals surface area (Å²) >= 11 is 0. The fourth-order valence-electron chi connectivity index (χ4n) is 1.73. The highest BCUT2D eigenvalue weighted by Gasteiger charge is 2.26. The zero-order valence-corrected chi connectivity index (χ0v) is 12.7. The molecule has 4 nitrogen and oxygen atoms in total.